The Morgan fingerprint density at radius 3 is 2.80 bits per heavy atom. The fraction of sp³-hybridized carbons (Fsp3) is 0.818. The maximum Gasteiger partial charge on any atom is 0.243 e. The van der Waals surface area contributed by atoms with Crippen molar-refractivity contribution in [2.75, 3.05) is 19.8 Å². The Labute approximate surface area is 89.8 Å². The van der Waals surface area contributed by atoms with Crippen molar-refractivity contribution in [2.24, 2.45) is 5.41 Å². The molecule has 1 unspecified atom stereocenters. The van der Waals surface area contributed by atoms with E-state index in [1.807, 2.05) is 11.8 Å². The van der Waals surface area contributed by atoms with Gasteiger partial charge in [0.25, 0.3) is 0 Å². The summed E-state index contributed by atoms with van der Waals surface area (Å²) in [6.07, 6.45) is 2.46. The van der Waals surface area contributed by atoms with Crippen molar-refractivity contribution in [1.29, 1.82) is 5.26 Å². The molecule has 0 aromatic carbocycles. The quantitative estimate of drug-likeness (QED) is 0.644. The largest absolute Gasteiger partial charge is 0.377 e. The summed E-state index contributed by atoms with van der Waals surface area (Å²) in [5, 5.41) is 9.10. The Kier molecular flexibility index (Phi) is 2.66. The summed E-state index contributed by atoms with van der Waals surface area (Å²) in [6.45, 7) is 3.79. The molecule has 1 aliphatic carbocycles. The van der Waals surface area contributed by atoms with E-state index in [9.17, 15) is 4.79 Å². The lowest BCUT2D eigenvalue weighted by Crippen LogP contribution is -2.54. The Morgan fingerprint density at radius 2 is 2.33 bits per heavy atom. The molecular weight excluding hydrogens is 192 g/mol. The van der Waals surface area contributed by atoms with E-state index in [2.05, 4.69) is 6.07 Å². The van der Waals surface area contributed by atoms with Gasteiger partial charge in [0.1, 0.15) is 5.41 Å². The summed E-state index contributed by atoms with van der Waals surface area (Å²) >= 11 is 0. The Bertz CT molecular complexity index is 304. The Balaban J connectivity index is 2.09. The van der Waals surface area contributed by atoms with Crippen molar-refractivity contribution in [2.45, 2.75) is 32.2 Å². The van der Waals surface area contributed by atoms with Gasteiger partial charge in [-0.15, -0.1) is 0 Å². The molecule has 4 nitrogen and oxygen atoms in total. The van der Waals surface area contributed by atoms with E-state index >= 15 is 0 Å². The van der Waals surface area contributed by atoms with Crippen LogP contribution in [0, 0.1) is 16.7 Å². The minimum Gasteiger partial charge on any atom is -0.377 e. The fourth-order valence-electron chi connectivity index (χ4n) is 2.21. The number of carbonyl (C=O) groups is 1. The zero-order chi connectivity index (χ0) is 10.9. The maximum atomic E-state index is 12.2. The van der Waals surface area contributed by atoms with Crippen LogP contribution in [0.5, 0.6) is 0 Å². The maximum absolute atomic E-state index is 12.2. The van der Waals surface area contributed by atoms with Gasteiger partial charge < -0.3 is 9.64 Å². The van der Waals surface area contributed by atoms with Crippen molar-refractivity contribution in [1.82, 2.24) is 4.90 Å². The first-order valence-corrected chi connectivity index (χ1v) is 5.50. The molecule has 0 spiro atoms. The summed E-state index contributed by atoms with van der Waals surface area (Å²) in [4.78, 5) is 14.0. The van der Waals surface area contributed by atoms with Gasteiger partial charge in [-0.2, -0.15) is 5.26 Å². The van der Waals surface area contributed by atoms with Gasteiger partial charge in [-0.25, -0.2) is 0 Å². The molecule has 0 bridgehead atoms. The first-order valence-electron chi connectivity index (χ1n) is 5.50. The number of carbonyl (C=O) groups excluding carboxylic acids is 1. The Hall–Kier alpha value is -1.08. The second kappa shape index (κ2) is 3.82. The summed E-state index contributed by atoms with van der Waals surface area (Å²) < 4.78 is 5.28. The number of hydrogen-bond donors (Lipinski definition) is 0. The van der Waals surface area contributed by atoms with Crippen LogP contribution in [0.4, 0.5) is 0 Å². The van der Waals surface area contributed by atoms with Gasteiger partial charge in [0, 0.05) is 6.54 Å². The smallest absolute Gasteiger partial charge is 0.243 e. The lowest BCUT2D eigenvalue weighted by atomic mass is 9.69. The standard InChI is InChI=1S/C11H16N2O2/c1-9-7-15-6-5-13(9)10(14)11(8-12)3-2-4-11/h9H,2-7H2,1H3. The van der Waals surface area contributed by atoms with E-state index in [-0.39, 0.29) is 11.9 Å². The molecule has 1 atom stereocenters. The molecular formula is C11H16N2O2. The summed E-state index contributed by atoms with van der Waals surface area (Å²) in [5.41, 5.74) is -0.703. The minimum absolute atomic E-state index is 0.0204. The lowest BCUT2D eigenvalue weighted by molar-refractivity contribution is -0.151. The van der Waals surface area contributed by atoms with Crippen LogP contribution in [0.15, 0.2) is 0 Å². The first kappa shape index (κ1) is 10.4. The molecule has 0 N–H and O–H groups in total. The highest BCUT2D eigenvalue weighted by Gasteiger charge is 2.48. The van der Waals surface area contributed by atoms with Crippen LogP contribution in [0.2, 0.25) is 0 Å². The average Bonchev–Trinajstić information content (AvgIpc) is 2.17. The molecule has 1 aliphatic heterocycles. The number of rotatable bonds is 1. The predicted octanol–water partition coefficient (Wildman–Crippen LogP) is 0.928. The zero-order valence-electron chi connectivity index (χ0n) is 9.03. The van der Waals surface area contributed by atoms with Gasteiger partial charge in [0.2, 0.25) is 5.91 Å². The number of amides is 1. The van der Waals surface area contributed by atoms with Crippen molar-refractivity contribution in [3.8, 4) is 6.07 Å². The SMILES string of the molecule is CC1COCCN1C(=O)C1(C#N)CCC1. The van der Waals surface area contributed by atoms with Crippen LogP contribution < -0.4 is 0 Å². The summed E-state index contributed by atoms with van der Waals surface area (Å²) in [6, 6.07) is 2.31. The number of morpholine rings is 1. The van der Waals surface area contributed by atoms with Crippen molar-refractivity contribution in [3.63, 3.8) is 0 Å². The number of hydrogen-bond acceptors (Lipinski definition) is 3. The van der Waals surface area contributed by atoms with E-state index in [0.717, 1.165) is 19.3 Å². The normalized spacial score (nSPS) is 29.1. The fourth-order valence-corrected chi connectivity index (χ4v) is 2.21. The van der Waals surface area contributed by atoms with Crippen LogP contribution in [-0.4, -0.2) is 36.6 Å². The topological polar surface area (TPSA) is 53.3 Å². The molecule has 4 heteroatoms. The van der Waals surface area contributed by atoms with Crippen LogP contribution in [0.1, 0.15) is 26.2 Å². The van der Waals surface area contributed by atoms with Gasteiger partial charge >= 0.3 is 0 Å². The first-order chi connectivity index (χ1) is 7.19. The molecule has 15 heavy (non-hydrogen) atoms. The molecule has 0 aromatic rings. The molecule has 0 radical (unpaired) electrons. The van der Waals surface area contributed by atoms with Gasteiger partial charge in [0.15, 0.2) is 0 Å². The van der Waals surface area contributed by atoms with E-state index in [4.69, 9.17) is 10.00 Å². The second-order valence-corrected chi connectivity index (χ2v) is 4.47. The molecule has 82 valence electrons. The number of nitriles is 1. The molecule has 1 amide bonds. The highest BCUT2D eigenvalue weighted by molar-refractivity contribution is 5.86. The van der Waals surface area contributed by atoms with E-state index < -0.39 is 5.41 Å². The number of nitrogens with zero attached hydrogens (tertiary/aromatic N) is 2. The third-order valence-corrected chi connectivity index (χ3v) is 3.46. The van der Waals surface area contributed by atoms with Gasteiger partial charge in [0.05, 0.1) is 25.3 Å². The highest BCUT2D eigenvalue weighted by atomic mass is 16.5. The highest BCUT2D eigenvalue weighted by Crippen LogP contribution is 2.42. The summed E-state index contributed by atoms with van der Waals surface area (Å²) in [7, 11) is 0. The van der Waals surface area contributed by atoms with Gasteiger partial charge in [-0.3, -0.25) is 4.79 Å². The van der Waals surface area contributed by atoms with Crippen molar-refractivity contribution < 1.29 is 9.53 Å². The van der Waals surface area contributed by atoms with Crippen LogP contribution in [-0.2, 0) is 9.53 Å². The lowest BCUT2D eigenvalue weighted by Gasteiger charge is -2.42. The summed E-state index contributed by atoms with van der Waals surface area (Å²) in [5.74, 6) is 0.0204. The van der Waals surface area contributed by atoms with Crippen LogP contribution >= 0.6 is 0 Å². The van der Waals surface area contributed by atoms with Crippen LogP contribution in [0.25, 0.3) is 0 Å². The molecule has 1 heterocycles. The monoisotopic (exact) mass is 208 g/mol. The third kappa shape index (κ3) is 1.61. The predicted molar refractivity (Wildman–Crippen MR) is 53.9 cm³/mol. The molecule has 2 rings (SSSR count). The molecule has 2 aliphatic rings. The van der Waals surface area contributed by atoms with E-state index in [1.165, 1.54) is 0 Å². The number of ether oxygens (including phenoxy) is 1. The molecule has 0 aromatic heterocycles. The second-order valence-electron chi connectivity index (χ2n) is 4.47. The van der Waals surface area contributed by atoms with Crippen LogP contribution in [0.3, 0.4) is 0 Å². The van der Waals surface area contributed by atoms with E-state index in [1.54, 1.807) is 0 Å². The van der Waals surface area contributed by atoms with Crippen molar-refractivity contribution >= 4 is 5.91 Å². The molecule has 1 saturated carbocycles. The van der Waals surface area contributed by atoms with Gasteiger partial charge in [-0.05, 0) is 26.2 Å². The molecule has 1 saturated heterocycles. The minimum atomic E-state index is -0.703. The Morgan fingerprint density at radius 1 is 1.60 bits per heavy atom. The average molecular weight is 208 g/mol. The van der Waals surface area contributed by atoms with Crippen molar-refractivity contribution in [3.05, 3.63) is 0 Å². The molecule has 2 fully saturated rings. The zero-order valence-corrected chi connectivity index (χ0v) is 9.03. The van der Waals surface area contributed by atoms with E-state index in [0.29, 0.717) is 19.8 Å². The third-order valence-electron chi connectivity index (χ3n) is 3.46. The van der Waals surface area contributed by atoms with Gasteiger partial charge in [-0.1, -0.05) is 0 Å².